The molecule has 0 amide bonds. The summed E-state index contributed by atoms with van der Waals surface area (Å²) in [5.41, 5.74) is 0.0972. The van der Waals surface area contributed by atoms with E-state index in [2.05, 4.69) is 15.9 Å². The number of rotatable bonds is 4. The molecule has 21 heavy (non-hydrogen) atoms. The van der Waals surface area contributed by atoms with Crippen molar-refractivity contribution in [3.05, 3.63) is 61.8 Å². The van der Waals surface area contributed by atoms with Crippen LogP contribution < -0.4 is 4.74 Å². The van der Waals surface area contributed by atoms with Crippen LogP contribution in [0.15, 0.2) is 34.8 Å². The molecule has 0 aromatic heterocycles. The standard InChI is InChI=1S/C14H8BrCl2FO3/c15-9-4-11(17)13(5-10(9)16)21-6-8-3-7(14(19)20)1-2-12(8)18/h1-5H,6H2,(H,19,20). The van der Waals surface area contributed by atoms with E-state index in [-0.39, 0.29) is 23.5 Å². The van der Waals surface area contributed by atoms with Crippen molar-refractivity contribution in [3.63, 3.8) is 0 Å². The normalized spacial score (nSPS) is 10.5. The molecular weight excluding hydrogens is 386 g/mol. The molecule has 0 unspecified atom stereocenters. The predicted molar refractivity (Wildman–Crippen MR) is 81.9 cm³/mol. The molecule has 110 valence electrons. The van der Waals surface area contributed by atoms with Crippen LogP contribution in [0.4, 0.5) is 4.39 Å². The minimum absolute atomic E-state index is 0.0186. The molecule has 7 heteroatoms. The largest absolute Gasteiger partial charge is 0.487 e. The van der Waals surface area contributed by atoms with E-state index in [0.29, 0.717) is 14.5 Å². The third-order valence-corrected chi connectivity index (χ3v) is 4.14. The van der Waals surface area contributed by atoms with Gasteiger partial charge in [-0.2, -0.15) is 0 Å². The van der Waals surface area contributed by atoms with Gasteiger partial charge in [-0.3, -0.25) is 0 Å². The van der Waals surface area contributed by atoms with Crippen LogP contribution in [0.25, 0.3) is 0 Å². The Balaban J connectivity index is 2.22. The van der Waals surface area contributed by atoms with Crippen LogP contribution in [-0.2, 0) is 6.61 Å². The summed E-state index contributed by atoms with van der Waals surface area (Å²) in [5.74, 6) is -1.41. The molecule has 0 aliphatic heterocycles. The summed E-state index contributed by atoms with van der Waals surface area (Å²) in [4.78, 5) is 10.9. The number of aromatic carboxylic acids is 1. The number of hydrogen-bond donors (Lipinski definition) is 1. The fourth-order valence-corrected chi connectivity index (χ4v) is 2.44. The lowest BCUT2D eigenvalue weighted by Crippen LogP contribution is -2.03. The van der Waals surface area contributed by atoms with E-state index in [9.17, 15) is 9.18 Å². The molecule has 0 radical (unpaired) electrons. The Labute approximate surface area is 138 Å². The number of ether oxygens (including phenoxy) is 1. The summed E-state index contributed by atoms with van der Waals surface area (Å²) in [7, 11) is 0. The molecule has 0 saturated carbocycles. The molecule has 0 aliphatic rings. The maximum atomic E-state index is 13.6. The minimum atomic E-state index is -1.14. The minimum Gasteiger partial charge on any atom is -0.487 e. The SMILES string of the molecule is O=C(O)c1ccc(F)c(COc2cc(Cl)c(Br)cc2Cl)c1. The molecular formula is C14H8BrCl2FO3. The molecule has 3 nitrogen and oxygen atoms in total. The van der Waals surface area contributed by atoms with Crippen molar-refractivity contribution in [2.75, 3.05) is 0 Å². The van der Waals surface area contributed by atoms with E-state index >= 15 is 0 Å². The number of halogens is 4. The highest BCUT2D eigenvalue weighted by Gasteiger charge is 2.11. The molecule has 0 atom stereocenters. The van der Waals surface area contributed by atoms with E-state index < -0.39 is 11.8 Å². The first-order valence-corrected chi connectivity index (χ1v) is 7.22. The van der Waals surface area contributed by atoms with Gasteiger partial charge >= 0.3 is 5.97 Å². The summed E-state index contributed by atoms with van der Waals surface area (Å²) >= 11 is 15.1. The van der Waals surface area contributed by atoms with E-state index in [0.717, 1.165) is 6.07 Å². The average molecular weight is 394 g/mol. The van der Waals surface area contributed by atoms with Crippen molar-refractivity contribution in [2.24, 2.45) is 0 Å². The zero-order valence-electron chi connectivity index (χ0n) is 10.4. The van der Waals surface area contributed by atoms with Gasteiger partial charge in [-0.05, 0) is 40.2 Å². The molecule has 0 fully saturated rings. The lowest BCUT2D eigenvalue weighted by atomic mass is 10.1. The fraction of sp³-hybridized carbons (Fsp3) is 0.0714. The van der Waals surface area contributed by atoms with E-state index in [1.165, 1.54) is 18.2 Å². The molecule has 0 spiro atoms. The first-order valence-electron chi connectivity index (χ1n) is 5.67. The van der Waals surface area contributed by atoms with Crippen molar-refractivity contribution < 1.29 is 19.0 Å². The van der Waals surface area contributed by atoms with Gasteiger partial charge in [-0.25, -0.2) is 9.18 Å². The first-order chi connectivity index (χ1) is 9.88. The van der Waals surface area contributed by atoms with Crippen molar-refractivity contribution in [2.45, 2.75) is 6.61 Å². The quantitative estimate of drug-likeness (QED) is 0.728. The van der Waals surface area contributed by atoms with E-state index in [1.54, 1.807) is 6.07 Å². The van der Waals surface area contributed by atoms with Gasteiger partial charge in [0.1, 0.15) is 18.2 Å². The molecule has 0 heterocycles. The second-order valence-corrected chi connectivity index (χ2v) is 5.77. The monoisotopic (exact) mass is 392 g/mol. The Hall–Kier alpha value is -1.30. The number of carboxylic acid groups (broad SMARTS) is 1. The molecule has 0 saturated heterocycles. The smallest absolute Gasteiger partial charge is 0.335 e. The Morgan fingerprint density at radius 1 is 1.24 bits per heavy atom. The molecule has 2 rings (SSSR count). The van der Waals surface area contributed by atoms with Gasteiger partial charge in [0.15, 0.2) is 0 Å². The van der Waals surface area contributed by atoms with Crippen LogP contribution in [0, 0.1) is 5.82 Å². The Morgan fingerprint density at radius 3 is 2.62 bits per heavy atom. The second kappa shape index (κ2) is 6.64. The van der Waals surface area contributed by atoms with Gasteiger partial charge in [0.05, 0.1) is 15.6 Å². The number of benzene rings is 2. The molecule has 0 bridgehead atoms. The van der Waals surface area contributed by atoms with Crippen LogP contribution in [0.1, 0.15) is 15.9 Å². The topological polar surface area (TPSA) is 46.5 Å². The van der Waals surface area contributed by atoms with E-state index in [4.69, 9.17) is 33.0 Å². The van der Waals surface area contributed by atoms with Crippen LogP contribution in [0.5, 0.6) is 5.75 Å². The molecule has 1 N–H and O–H groups in total. The van der Waals surface area contributed by atoms with E-state index in [1.807, 2.05) is 0 Å². The first kappa shape index (κ1) is 16.1. The van der Waals surface area contributed by atoms with Crippen molar-refractivity contribution >= 4 is 45.1 Å². The van der Waals surface area contributed by atoms with Gasteiger partial charge in [0.2, 0.25) is 0 Å². The molecule has 2 aromatic rings. The van der Waals surface area contributed by atoms with Crippen LogP contribution >= 0.6 is 39.1 Å². The highest BCUT2D eigenvalue weighted by molar-refractivity contribution is 9.10. The van der Waals surface area contributed by atoms with Gasteiger partial charge in [0, 0.05) is 16.1 Å². The van der Waals surface area contributed by atoms with Gasteiger partial charge in [-0.15, -0.1) is 0 Å². The second-order valence-electron chi connectivity index (χ2n) is 4.10. The van der Waals surface area contributed by atoms with Crippen molar-refractivity contribution in [1.29, 1.82) is 0 Å². The zero-order valence-corrected chi connectivity index (χ0v) is 13.5. The number of carboxylic acids is 1. The molecule has 0 aliphatic carbocycles. The Morgan fingerprint density at radius 2 is 1.95 bits per heavy atom. The summed E-state index contributed by atoms with van der Waals surface area (Å²) in [6.45, 7) is -0.162. The highest BCUT2D eigenvalue weighted by atomic mass is 79.9. The third-order valence-electron chi connectivity index (χ3n) is 2.65. The Kier molecular flexibility index (Phi) is 5.08. The number of hydrogen-bond acceptors (Lipinski definition) is 2. The highest BCUT2D eigenvalue weighted by Crippen LogP contribution is 2.34. The van der Waals surface area contributed by atoms with Crippen molar-refractivity contribution in [3.8, 4) is 5.75 Å². The summed E-state index contributed by atoms with van der Waals surface area (Å²) in [6, 6.07) is 6.53. The van der Waals surface area contributed by atoms with Gasteiger partial charge in [0.25, 0.3) is 0 Å². The van der Waals surface area contributed by atoms with Crippen LogP contribution in [-0.4, -0.2) is 11.1 Å². The van der Waals surface area contributed by atoms with Crippen LogP contribution in [0.3, 0.4) is 0 Å². The van der Waals surface area contributed by atoms with Gasteiger partial charge < -0.3 is 9.84 Å². The average Bonchev–Trinajstić information content (AvgIpc) is 2.42. The summed E-state index contributed by atoms with van der Waals surface area (Å²) < 4.78 is 19.7. The van der Waals surface area contributed by atoms with Gasteiger partial charge in [-0.1, -0.05) is 23.2 Å². The maximum Gasteiger partial charge on any atom is 0.335 e. The Bertz CT molecular complexity index is 707. The zero-order chi connectivity index (χ0) is 15.6. The lowest BCUT2D eigenvalue weighted by Gasteiger charge is -2.10. The fourth-order valence-electron chi connectivity index (χ4n) is 1.59. The summed E-state index contributed by atoms with van der Waals surface area (Å²) in [6.07, 6.45) is 0. The van der Waals surface area contributed by atoms with Crippen LogP contribution in [0.2, 0.25) is 10.0 Å². The molecule has 2 aromatic carbocycles. The maximum absolute atomic E-state index is 13.6. The summed E-state index contributed by atoms with van der Waals surface area (Å²) in [5, 5.41) is 9.59. The van der Waals surface area contributed by atoms with Crippen molar-refractivity contribution in [1.82, 2.24) is 0 Å². The predicted octanol–water partition coefficient (Wildman–Crippen LogP) is 5.17. The number of carbonyl (C=O) groups is 1. The third kappa shape index (κ3) is 3.87. The lowest BCUT2D eigenvalue weighted by molar-refractivity contribution is 0.0696.